The third-order valence-corrected chi connectivity index (χ3v) is 14.4. The Morgan fingerprint density at radius 3 is 1.83 bits per heavy atom. The largest absolute Gasteiger partial charge is 0.277 e. The Bertz CT molecular complexity index is 3790. The average Bonchev–Trinajstić information content (AvgIpc) is 3.98. The zero-order valence-corrected chi connectivity index (χ0v) is 36.5. The van der Waals surface area contributed by atoms with Gasteiger partial charge in [-0.2, -0.15) is 9.97 Å². The van der Waals surface area contributed by atoms with Crippen molar-refractivity contribution in [1.29, 1.82) is 0 Å². The predicted octanol–water partition coefficient (Wildman–Crippen LogP) is 15.4. The molecule has 0 bridgehead atoms. The highest BCUT2D eigenvalue weighted by atomic mass is 32.1. The second-order valence-electron chi connectivity index (χ2n) is 17.5. The van der Waals surface area contributed by atoms with Crippen LogP contribution in [0.4, 0.5) is 0 Å². The number of rotatable bonds is 6. The van der Waals surface area contributed by atoms with Gasteiger partial charge in [-0.3, -0.25) is 9.55 Å². The molecule has 0 saturated carbocycles. The van der Waals surface area contributed by atoms with E-state index in [0.29, 0.717) is 17.6 Å². The van der Waals surface area contributed by atoms with Gasteiger partial charge in [-0.25, -0.2) is 4.98 Å². The minimum atomic E-state index is -0.272. The first-order valence-corrected chi connectivity index (χ1v) is 22.9. The number of nitrogens with zero attached hydrogens (tertiary/aromatic N) is 5. The van der Waals surface area contributed by atoms with Crippen LogP contribution < -0.4 is 0 Å². The average molecular weight is 850 g/mol. The number of benzene rings is 8. The Morgan fingerprint density at radius 2 is 1.06 bits per heavy atom. The second kappa shape index (κ2) is 14.5. The third-order valence-electron chi connectivity index (χ3n) is 13.3. The quantitative estimate of drug-likeness (QED) is 0.167. The number of pyridine rings is 1. The normalized spacial score (nSPS) is 12.9. The predicted molar refractivity (Wildman–Crippen MR) is 270 cm³/mol. The van der Waals surface area contributed by atoms with Crippen LogP contribution in [0.5, 0.6) is 0 Å². The van der Waals surface area contributed by atoms with E-state index in [0.717, 1.165) is 44.4 Å². The number of fused-ring (bicyclic) bond motifs is 10. The van der Waals surface area contributed by atoms with Gasteiger partial charge >= 0.3 is 0 Å². The van der Waals surface area contributed by atoms with Crippen LogP contribution in [0.25, 0.3) is 115 Å². The molecule has 306 valence electrons. The molecular weight excluding hydrogens is 811 g/mol. The van der Waals surface area contributed by atoms with E-state index in [9.17, 15) is 0 Å². The number of hydrogen-bond donors (Lipinski definition) is 0. The molecule has 0 atom stereocenters. The van der Waals surface area contributed by atoms with Crippen molar-refractivity contribution in [2.75, 3.05) is 0 Å². The Labute approximate surface area is 380 Å². The van der Waals surface area contributed by atoms with Crippen LogP contribution in [-0.2, 0) is 5.41 Å². The van der Waals surface area contributed by atoms with Crippen molar-refractivity contribution in [3.05, 3.63) is 211 Å². The zero-order chi connectivity index (χ0) is 43.2. The molecule has 8 aromatic carbocycles. The van der Waals surface area contributed by atoms with Gasteiger partial charge in [-0.1, -0.05) is 159 Å². The van der Waals surface area contributed by atoms with Gasteiger partial charge in [0.1, 0.15) is 0 Å². The first-order valence-electron chi connectivity index (χ1n) is 22.0. The van der Waals surface area contributed by atoms with Gasteiger partial charge in [0.2, 0.25) is 5.95 Å². The second-order valence-corrected chi connectivity index (χ2v) is 18.5. The molecule has 1 aliphatic carbocycles. The van der Waals surface area contributed by atoms with E-state index in [1.165, 1.54) is 64.5 Å². The first-order chi connectivity index (χ1) is 32.0. The van der Waals surface area contributed by atoms with Crippen molar-refractivity contribution in [1.82, 2.24) is 24.5 Å². The lowest BCUT2D eigenvalue weighted by Crippen LogP contribution is -2.17. The molecule has 65 heavy (non-hydrogen) atoms. The van der Waals surface area contributed by atoms with Crippen molar-refractivity contribution < 1.29 is 0 Å². The van der Waals surface area contributed by atoms with Crippen molar-refractivity contribution in [2.24, 2.45) is 0 Å². The maximum atomic E-state index is 5.31. The molecule has 12 aromatic rings. The number of hydrogen-bond acceptors (Lipinski definition) is 5. The van der Waals surface area contributed by atoms with Crippen molar-refractivity contribution in [3.8, 4) is 73.4 Å². The molecule has 5 nitrogen and oxygen atoms in total. The Balaban J connectivity index is 0.991. The van der Waals surface area contributed by atoms with Gasteiger partial charge in [0.05, 0.1) is 16.7 Å². The molecule has 0 saturated heterocycles. The van der Waals surface area contributed by atoms with E-state index < -0.39 is 0 Å². The summed E-state index contributed by atoms with van der Waals surface area (Å²) in [5.41, 5.74) is 15.7. The summed E-state index contributed by atoms with van der Waals surface area (Å²) in [7, 11) is 0. The highest BCUT2D eigenvalue weighted by Gasteiger charge is 2.38. The van der Waals surface area contributed by atoms with E-state index in [-0.39, 0.29) is 5.41 Å². The highest BCUT2D eigenvalue weighted by Crippen LogP contribution is 2.53. The standard InChI is InChI=1S/C59H39N5S/c1-59(2)49-21-10-9-20-43(49)45-27-28-46-47-33-39(41-23-26-44-48-34-40(25-30-52(48)65-53(44)35-41)38-18-13-19-42(32-38)50-22-11-12-31-60-50)24-29-51(47)64(55(46)54(45)59)58-62-56(36-14-5-3-6-15-36)61-57(63-58)37-16-7-4-8-17-37/h3-35H,1-2H3. The molecule has 1 aliphatic rings. The fourth-order valence-corrected chi connectivity index (χ4v) is 11.3. The molecule has 4 aromatic heterocycles. The van der Waals surface area contributed by atoms with E-state index >= 15 is 0 Å². The van der Waals surface area contributed by atoms with E-state index in [2.05, 4.69) is 169 Å². The van der Waals surface area contributed by atoms with Gasteiger partial charge in [0.15, 0.2) is 11.6 Å². The molecule has 0 fully saturated rings. The molecular formula is C59H39N5S. The van der Waals surface area contributed by atoms with Gasteiger partial charge in [0.25, 0.3) is 0 Å². The summed E-state index contributed by atoms with van der Waals surface area (Å²) in [6.45, 7) is 4.70. The van der Waals surface area contributed by atoms with E-state index in [1.54, 1.807) is 0 Å². The summed E-state index contributed by atoms with van der Waals surface area (Å²) in [6, 6.07) is 69.4. The van der Waals surface area contributed by atoms with Crippen LogP contribution in [0.15, 0.2) is 200 Å². The van der Waals surface area contributed by atoms with Crippen LogP contribution in [0.1, 0.15) is 25.0 Å². The fraction of sp³-hybridized carbons (Fsp3) is 0.0508. The van der Waals surface area contributed by atoms with Gasteiger partial charge in [-0.05, 0) is 93.0 Å². The van der Waals surface area contributed by atoms with E-state index in [1.807, 2.05) is 66.1 Å². The van der Waals surface area contributed by atoms with Gasteiger partial charge in [0, 0.05) is 59.2 Å². The molecule has 0 spiro atoms. The molecule has 0 N–H and O–H groups in total. The van der Waals surface area contributed by atoms with Gasteiger partial charge < -0.3 is 0 Å². The number of aromatic nitrogens is 5. The highest BCUT2D eigenvalue weighted by molar-refractivity contribution is 7.25. The van der Waals surface area contributed by atoms with Crippen LogP contribution in [0.3, 0.4) is 0 Å². The zero-order valence-electron chi connectivity index (χ0n) is 35.7. The lowest BCUT2D eigenvalue weighted by molar-refractivity contribution is 0.663. The maximum absolute atomic E-state index is 5.31. The fourth-order valence-electron chi connectivity index (χ4n) is 10.2. The Morgan fingerprint density at radius 1 is 0.431 bits per heavy atom. The molecule has 0 amide bonds. The molecule has 13 rings (SSSR count). The van der Waals surface area contributed by atoms with Crippen LogP contribution in [0.2, 0.25) is 0 Å². The Kier molecular flexibility index (Phi) is 8.36. The van der Waals surface area contributed by atoms with Crippen LogP contribution in [-0.4, -0.2) is 24.5 Å². The minimum Gasteiger partial charge on any atom is -0.277 e. The van der Waals surface area contributed by atoms with Crippen molar-refractivity contribution >= 4 is 53.3 Å². The summed E-state index contributed by atoms with van der Waals surface area (Å²) < 4.78 is 4.85. The van der Waals surface area contributed by atoms with Gasteiger partial charge in [-0.15, -0.1) is 11.3 Å². The topological polar surface area (TPSA) is 56.5 Å². The molecule has 0 radical (unpaired) electrons. The third kappa shape index (κ3) is 5.98. The summed E-state index contributed by atoms with van der Waals surface area (Å²) in [4.78, 5) is 20.3. The van der Waals surface area contributed by atoms with Crippen molar-refractivity contribution in [2.45, 2.75) is 19.3 Å². The minimum absolute atomic E-state index is 0.272. The first kappa shape index (κ1) is 37.5. The molecule has 6 heteroatoms. The summed E-state index contributed by atoms with van der Waals surface area (Å²) in [5, 5.41) is 4.87. The maximum Gasteiger partial charge on any atom is 0.238 e. The number of thiophene rings is 1. The lowest BCUT2D eigenvalue weighted by atomic mass is 9.81. The summed E-state index contributed by atoms with van der Waals surface area (Å²) in [5.74, 6) is 1.87. The van der Waals surface area contributed by atoms with E-state index in [4.69, 9.17) is 15.0 Å². The molecule has 0 unspecified atom stereocenters. The Hall–Kier alpha value is -8.06. The lowest BCUT2D eigenvalue weighted by Gasteiger charge is -2.23. The van der Waals surface area contributed by atoms with Crippen LogP contribution >= 0.6 is 11.3 Å². The van der Waals surface area contributed by atoms with Crippen molar-refractivity contribution in [3.63, 3.8) is 0 Å². The summed E-state index contributed by atoms with van der Waals surface area (Å²) in [6.07, 6.45) is 1.85. The smallest absolute Gasteiger partial charge is 0.238 e. The SMILES string of the molecule is CC1(C)c2ccccc2-c2ccc3c4cc(-c5ccc6c(c5)sc5ccc(-c7cccc(-c8ccccn8)c7)cc56)ccc4n(-c4nc(-c5ccccc5)nc(-c5ccccc5)n4)c3c21. The molecule has 4 heterocycles. The van der Waals surface area contributed by atoms with Crippen LogP contribution in [0, 0.1) is 0 Å². The monoisotopic (exact) mass is 849 g/mol. The summed E-state index contributed by atoms with van der Waals surface area (Å²) >= 11 is 1.85. The molecule has 0 aliphatic heterocycles.